The van der Waals surface area contributed by atoms with Crippen molar-refractivity contribution in [3.8, 4) is 17.2 Å². The minimum absolute atomic E-state index is 0.0798. The molecule has 4 aromatic rings. The number of anilines is 1. The van der Waals surface area contributed by atoms with Crippen LogP contribution in [-0.4, -0.2) is 25.2 Å². The van der Waals surface area contributed by atoms with Gasteiger partial charge in [-0.3, -0.25) is 14.2 Å². The molecule has 1 N–H and O–H groups in total. The van der Waals surface area contributed by atoms with Crippen molar-refractivity contribution in [2.45, 2.75) is 26.6 Å². The van der Waals surface area contributed by atoms with Crippen LogP contribution in [0.4, 0.5) is 18.9 Å². The lowest BCUT2D eigenvalue weighted by Crippen LogP contribution is -2.32. The highest BCUT2D eigenvalue weighted by atomic mass is 19.4. The maximum Gasteiger partial charge on any atom is 0.418 e. The largest absolute Gasteiger partial charge is 0.418 e. The molecule has 1 amide bonds. The Morgan fingerprint density at radius 1 is 1.00 bits per heavy atom. The second-order valence-corrected chi connectivity index (χ2v) is 7.66. The molecule has 174 valence electrons. The first kappa shape index (κ1) is 23.0. The van der Waals surface area contributed by atoms with Gasteiger partial charge in [0.05, 0.1) is 22.6 Å². The molecule has 0 radical (unpaired) electrons. The summed E-state index contributed by atoms with van der Waals surface area (Å²) in [5, 5.41) is 6.63. The average molecular weight is 467 g/mol. The second kappa shape index (κ2) is 8.97. The van der Waals surface area contributed by atoms with Gasteiger partial charge in [0.25, 0.3) is 5.56 Å². The standard InChI is InChI=1S/C24H20F3N5O2/c1-15-12-16(2)32(30-15)23-29-20(17-8-4-3-5-9-17)13-22(34)31(23)14-21(33)28-19-11-7-6-10-18(19)24(25,26)27/h3-13H,14H2,1-2H3,(H,28,33). The Kier molecular flexibility index (Phi) is 6.06. The smallest absolute Gasteiger partial charge is 0.324 e. The van der Waals surface area contributed by atoms with Crippen LogP contribution in [0.5, 0.6) is 0 Å². The minimum Gasteiger partial charge on any atom is -0.324 e. The van der Waals surface area contributed by atoms with Crippen LogP contribution in [0.25, 0.3) is 17.2 Å². The quantitative estimate of drug-likeness (QED) is 0.473. The van der Waals surface area contributed by atoms with E-state index in [1.807, 2.05) is 6.07 Å². The molecule has 34 heavy (non-hydrogen) atoms. The molecule has 0 spiro atoms. The Balaban J connectivity index is 1.76. The summed E-state index contributed by atoms with van der Waals surface area (Å²) < 4.78 is 42.4. The number of benzene rings is 2. The number of nitrogens with one attached hydrogen (secondary N) is 1. The Morgan fingerprint density at radius 2 is 1.68 bits per heavy atom. The molecule has 7 nitrogen and oxygen atoms in total. The predicted molar refractivity (Wildman–Crippen MR) is 121 cm³/mol. The number of hydrogen-bond acceptors (Lipinski definition) is 4. The zero-order chi connectivity index (χ0) is 24.5. The zero-order valence-corrected chi connectivity index (χ0v) is 18.3. The number of hydrogen-bond donors (Lipinski definition) is 1. The summed E-state index contributed by atoms with van der Waals surface area (Å²) in [6.07, 6.45) is -4.64. The molecule has 0 aliphatic rings. The van der Waals surface area contributed by atoms with Gasteiger partial charge in [-0.15, -0.1) is 0 Å². The van der Waals surface area contributed by atoms with E-state index in [9.17, 15) is 22.8 Å². The summed E-state index contributed by atoms with van der Waals surface area (Å²) in [5.41, 5.74) is 0.501. The highest BCUT2D eigenvalue weighted by molar-refractivity contribution is 5.91. The van der Waals surface area contributed by atoms with Crippen molar-refractivity contribution in [3.05, 3.63) is 94.0 Å². The van der Waals surface area contributed by atoms with Gasteiger partial charge in [-0.25, -0.2) is 9.67 Å². The number of nitrogens with zero attached hydrogens (tertiary/aromatic N) is 4. The summed E-state index contributed by atoms with van der Waals surface area (Å²) in [6, 6.07) is 16.7. The second-order valence-electron chi connectivity index (χ2n) is 7.66. The van der Waals surface area contributed by atoms with Crippen LogP contribution >= 0.6 is 0 Å². The molecule has 4 rings (SSSR count). The Bertz CT molecular complexity index is 1410. The number of carbonyl (C=O) groups is 1. The van der Waals surface area contributed by atoms with E-state index in [0.29, 0.717) is 22.6 Å². The number of halogens is 3. The van der Waals surface area contributed by atoms with Crippen LogP contribution < -0.4 is 10.9 Å². The first-order valence-corrected chi connectivity index (χ1v) is 10.3. The number of rotatable bonds is 5. The highest BCUT2D eigenvalue weighted by Crippen LogP contribution is 2.34. The monoisotopic (exact) mass is 467 g/mol. The van der Waals surface area contributed by atoms with E-state index in [1.54, 1.807) is 44.2 Å². The molecule has 0 atom stereocenters. The van der Waals surface area contributed by atoms with Crippen molar-refractivity contribution in [1.82, 2.24) is 19.3 Å². The molecule has 2 heterocycles. The van der Waals surface area contributed by atoms with Gasteiger partial charge >= 0.3 is 6.18 Å². The number of aryl methyl sites for hydroxylation is 2. The Labute approximate surface area is 192 Å². The van der Waals surface area contributed by atoms with Gasteiger partial charge in [0.2, 0.25) is 11.9 Å². The molecule has 0 bridgehead atoms. The highest BCUT2D eigenvalue weighted by Gasteiger charge is 2.33. The predicted octanol–water partition coefficient (Wildman–Crippen LogP) is 4.37. The van der Waals surface area contributed by atoms with Crippen molar-refractivity contribution >= 4 is 11.6 Å². The summed E-state index contributed by atoms with van der Waals surface area (Å²) >= 11 is 0. The molecule has 0 fully saturated rings. The van der Waals surface area contributed by atoms with Gasteiger partial charge in [0.1, 0.15) is 6.54 Å². The average Bonchev–Trinajstić information content (AvgIpc) is 3.13. The lowest BCUT2D eigenvalue weighted by molar-refractivity contribution is -0.137. The maximum atomic E-state index is 13.3. The van der Waals surface area contributed by atoms with Gasteiger partial charge < -0.3 is 5.32 Å². The van der Waals surface area contributed by atoms with Gasteiger partial charge in [-0.1, -0.05) is 42.5 Å². The maximum absolute atomic E-state index is 13.3. The lowest BCUT2D eigenvalue weighted by Gasteiger charge is -2.16. The van der Waals surface area contributed by atoms with E-state index >= 15 is 0 Å². The number of aromatic nitrogens is 4. The van der Waals surface area contributed by atoms with Crippen LogP contribution in [-0.2, 0) is 17.5 Å². The van der Waals surface area contributed by atoms with E-state index in [-0.39, 0.29) is 5.95 Å². The van der Waals surface area contributed by atoms with Gasteiger partial charge in [-0.05, 0) is 32.0 Å². The normalized spacial score (nSPS) is 11.4. The number of amides is 1. The summed E-state index contributed by atoms with van der Waals surface area (Å²) in [4.78, 5) is 30.4. The third-order valence-electron chi connectivity index (χ3n) is 5.06. The zero-order valence-electron chi connectivity index (χ0n) is 18.3. The van der Waals surface area contributed by atoms with Crippen molar-refractivity contribution in [3.63, 3.8) is 0 Å². The van der Waals surface area contributed by atoms with E-state index < -0.39 is 35.4 Å². The first-order chi connectivity index (χ1) is 16.1. The van der Waals surface area contributed by atoms with Gasteiger partial charge in [-0.2, -0.15) is 18.3 Å². The Morgan fingerprint density at radius 3 is 2.32 bits per heavy atom. The molecular weight excluding hydrogens is 447 g/mol. The van der Waals surface area contributed by atoms with Crippen molar-refractivity contribution in [2.75, 3.05) is 5.32 Å². The molecule has 0 saturated heterocycles. The lowest BCUT2D eigenvalue weighted by atomic mass is 10.1. The van der Waals surface area contributed by atoms with Crippen LogP contribution in [0.2, 0.25) is 0 Å². The summed E-state index contributed by atoms with van der Waals surface area (Å²) in [5.74, 6) is -0.730. The van der Waals surface area contributed by atoms with Crippen LogP contribution in [0.1, 0.15) is 17.0 Å². The van der Waals surface area contributed by atoms with Gasteiger partial charge in [0.15, 0.2) is 0 Å². The molecule has 2 aromatic carbocycles. The SMILES string of the molecule is Cc1cc(C)n(-c2nc(-c3ccccc3)cc(=O)n2CC(=O)Nc2ccccc2C(F)(F)F)n1. The van der Waals surface area contributed by atoms with Gasteiger partial charge in [0, 0.05) is 17.3 Å². The first-order valence-electron chi connectivity index (χ1n) is 10.3. The molecule has 2 aromatic heterocycles. The third kappa shape index (κ3) is 4.75. The van der Waals surface area contributed by atoms with Crippen molar-refractivity contribution in [2.24, 2.45) is 0 Å². The van der Waals surface area contributed by atoms with Crippen molar-refractivity contribution < 1.29 is 18.0 Å². The molecule has 10 heteroatoms. The molecule has 0 saturated carbocycles. The van der Waals surface area contributed by atoms with Crippen LogP contribution in [0.3, 0.4) is 0 Å². The fourth-order valence-corrected chi connectivity index (χ4v) is 3.56. The van der Waals surface area contributed by atoms with Crippen molar-refractivity contribution in [1.29, 1.82) is 0 Å². The molecule has 0 aliphatic heterocycles. The van der Waals surface area contributed by atoms with E-state index in [4.69, 9.17) is 0 Å². The van der Waals surface area contributed by atoms with E-state index in [1.165, 1.54) is 22.9 Å². The number of para-hydroxylation sites is 1. The molecule has 0 aliphatic carbocycles. The third-order valence-corrected chi connectivity index (χ3v) is 5.06. The number of alkyl halides is 3. The van der Waals surface area contributed by atoms with Crippen LogP contribution in [0.15, 0.2) is 71.5 Å². The van der Waals surface area contributed by atoms with E-state index in [2.05, 4.69) is 15.4 Å². The fraction of sp³-hybridized carbons (Fsp3) is 0.167. The summed E-state index contributed by atoms with van der Waals surface area (Å²) in [6.45, 7) is 2.99. The molecule has 0 unspecified atom stereocenters. The number of carbonyl (C=O) groups excluding carboxylic acids is 1. The van der Waals surface area contributed by atoms with Crippen LogP contribution in [0, 0.1) is 13.8 Å². The fourth-order valence-electron chi connectivity index (χ4n) is 3.56. The molecular formula is C24H20F3N5O2. The Hall–Kier alpha value is -4.21. The topological polar surface area (TPSA) is 81.8 Å². The van der Waals surface area contributed by atoms with E-state index in [0.717, 1.165) is 16.7 Å². The summed E-state index contributed by atoms with van der Waals surface area (Å²) in [7, 11) is 0. The minimum atomic E-state index is -4.64.